The largest absolute Gasteiger partial charge is 0.349 e. The van der Waals surface area contributed by atoms with E-state index in [1.165, 1.54) is 53.5 Å². The molecule has 0 saturated heterocycles. The lowest BCUT2D eigenvalue weighted by atomic mass is 9.88. The summed E-state index contributed by atoms with van der Waals surface area (Å²) in [4.78, 5) is 12.6. The van der Waals surface area contributed by atoms with Crippen LogP contribution < -0.4 is 5.32 Å². The Morgan fingerprint density at radius 2 is 1.80 bits per heavy atom. The molecule has 0 spiro atoms. The van der Waals surface area contributed by atoms with Crippen LogP contribution in [-0.2, 0) is 24.1 Å². The number of nitrogens with one attached hydrogen (secondary N) is 1. The zero-order chi connectivity index (χ0) is 17.8. The summed E-state index contributed by atoms with van der Waals surface area (Å²) >= 11 is 0. The van der Waals surface area contributed by atoms with E-state index in [0.29, 0.717) is 6.42 Å². The molecule has 1 unspecified atom stereocenters. The average molecular weight is 335 g/mol. The number of hydrogen-bond donors (Lipinski definition) is 1. The smallest absolute Gasteiger partial charge is 0.224 e. The van der Waals surface area contributed by atoms with Crippen LogP contribution in [-0.4, -0.2) is 5.91 Å². The fourth-order valence-electron chi connectivity index (χ4n) is 3.85. The van der Waals surface area contributed by atoms with Gasteiger partial charge in [0.25, 0.3) is 0 Å². The molecule has 0 aliphatic heterocycles. The highest BCUT2D eigenvalue weighted by molar-refractivity contribution is 5.79. The van der Waals surface area contributed by atoms with E-state index in [0.717, 1.165) is 12.0 Å². The van der Waals surface area contributed by atoms with E-state index in [4.69, 9.17) is 0 Å². The van der Waals surface area contributed by atoms with Crippen LogP contribution in [0.2, 0.25) is 0 Å². The molecule has 25 heavy (non-hydrogen) atoms. The van der Waals surface area contributed by atoms with Gasteiger partial charge in [0.15, 0.2) is 0 Å². The zero-order valence-corrected chi connectivity index (χ0v) is 15.7. The number of aryl methyl sites for hydroxylation is 4. The number of rotatable bonds is 5. The molecule has 0 heterocycles. The van der Waals surface area contributed by atoms with Crippen LogP contribution >= 0.6 is 0 Å². The average Bonchev–Trinajstić information content (AvgIpc) is 2.61. The highest BCUT2D eigenvalue weighted by Crippen LogP contribution is 2.26. The van der Waals surface area contributed by atoms with Crippen molar-refractivity contribution in [2.75, 3.05) is 0 Å². The maximum atomic E-state index is 12.6. The van der Waals surface area contributed by atoms with Crippen molar-refractivity contribution < 1.29 is 4.79 Å². The third-order valence-electron chi connectivity index (χ3n) is 5.37. The van der Waals surface area contributed by atoms with Crippen molar-refractivity contribution in [2.45, 2.75) is 65.3 Å². The van der Waals surface area contributed by atoms with Crippen molar-refractivity contribution in [1.82, 2.24) is 5.32 Å². The van der Waals surface area contributed by atoms with Gasteiger partial charge in [-0.15, -0.1) is 0 Å². The van der Waals surface area contributed by atoms with Gasteiger partial charge in [-0.1, -0.05) is 48.9 Å². The van der Waals surface area contributed by atoms with Crippen LogP contribution in [0.25, 0.3) is 0 Å². The van der Waals surface area contributed by atoms with Gasteiger partial charge in [0.05, 0.1) is 12.5 Å². The van der Waals surface area contributed by atoms with Gasteiger partial charge in [0, 0.05) is 0 Å². The summed E-state index contributed by atoms with van der Waals surface area (Å²) in [5, 5.41) is 3.24. The SMILES string of the molecule is CCC(NC(=O)Cc1ccc(C)cc1C)c1ccc2c(c1)CCCC2. The van der Waals surface area contributed by atoms with E-state index in [2.05, 4.69) is 62.5 Å². The van der Waals surface area contributed by atoms with E-state index in [9.17, 15) is 4.79 Å². The Hall–Kier alpha value is -2.09. The molecule has 0 radical (unpaired) electrons. The Morgan fingerprint density at radius 3 is 2.52 bits per heavy atom. The van der Waals surface area contributed by atoms with Gasteiger partial charge in [-0.05, 0) is 73.8 Å². The highest BCUT2D eigenvalue weighted by atomic mass is 16.1. The third-order valence-corrected chi connectivity index (χ3v) is 5.37. The fourth-order valence-corrected chi connectivity index (χ4v) is 3.85. The Balaban J connectivity index is 1.70. The van der Waals surface area contributed by atoms with Crippen LogP contribution in [0, 0.1) is 13.8 Å². The van der Waals surface area contributed by atoms with Crippen molar-refractivity contribution >= 4 is 5.91 Å². The molecular formula is C23H29NO. The molecule has 3 rings (SSSR count). The Kier molecular flexibility index (Phi) is 5.57. The summed E-state index contributed by atoms with van der Waals surface area (Å²) in [6, 6.07) is 13.2. The lowest BCUT2D eigenvalue weighted by Crippen LogP contribution is -2.29. The summed E-state index contributed by atoms with van der Waals surface area (Å²) in [6.07, 6.45) is 6.33. The van der Waals surface area contributed by atoms with Crippen LogP contribution in [0.4, 0.5) is 0 Å². The number of fused-ring (bicyclic) bond motifs is 1. The summed E-state index contributed by atoms with van der Waals surface area (Å²) in [7, 11) is 0. The number of hydrogen-bond acceptors (Lipinski definition) is 1. The van der Waals surface area contributed by atoms with Gasteiger partial charge in [-0.2, -0.15) is 0 Å². The third kappa shape index (κ3) is 4.31. The molecule has 2 heteroatoms. The minimum atomic E-state index is 0.102. The minimum absolute atomic E-state index is 0.102. The van der Waals surface area contributed by atoms with E-state index in [1.807, 2.05) is 0 Å². The van der Waals surface area contributed by atoms with Crippen LogP contribution in [0.1, 0.15) is 65.6 Å². The molecule has 0 aromatic heterocycles. The zero-order valence-electron chi connectivity index (χ0n) is 15.7. The Bertz CT molecular complexity index is 763. The van der Waals surface area contributed by atoms with Crippen LogP contribution in [0.5, 0.6) is 0 Å². The maximum absolute atomic E-state index is 12.6. The first-order valence-corrected chi connectivity index (χ1v) is 9.54. The van der Waals surface area contributed by atoms with Gasteiger partial charge in [0.1, 0.15) is 0 Å². The van der Waals surface area contributed by atoms with Crippen molar-refractivity contribution in [1.29, 1.82) is 0 Å². The van der Waals surface area contributed by atoms with Crippen molar-refractivity contribution in [3.05, 3.63) is 69.8 Å². The normalized spacial score (nSPS) is 14.7. The van der Waals surface area contributed by atoms with Gasteiger partial charge in [-0.25, -0.2) is 0 Å². The molecule has 2 aromatic rings. The quantitative estimate of drug-likeness (QED) is 0.819. The number of carbonyl (C=O) groups is 1. The monoisotopic (exact) mass is 335 g/mol. The first-order valence-electron chi connectivity index (χ1n) is 9.54. The molecule has 1 amide bonds. The molecule has 0 bridgehead atoms. The summed E-state index contributed by atoms with van der Waals surface area (Å²) in [5.74, 6) is 0.108. The molecular weight excluding hydrogens is 306 g/mol. The molecule has 1 N–H and O–H groups in total. The van der Waals surface area contributed by atoms with Gasteiger partial charge in [0.2, 0.25) is 5.91 Å². The lowest BCUT2D eigenvalue weighted by Gasteiger charge is -2.22. The highest BCUT2D eigenvalue weighted by Gasteiger charge is 2.16. The predicted octanol–water partition coefficient (Wildman–Crippen LogP) is 4.99. The molecule has 0 fully saturated rings. The second kappa shape index (κ2) is 7.86. The van der Waals surface area contributed by atoms with Crippen molar-refractivity contribution in [3.63, 3.8) is 0 Å². The standard InChI is InChI=1S/C23H29NO/c1-4-22(21-12-11-18-7-5-6-8-20(18)14-21)24-23(25)15-19-10-9-16(2)13-17(19)3/h9-14,22H,4-8,15H2,1-3H3,(H,24,25). The lowest BCUT2D eigenvalue weighted by molar-refractivity contribution is -0.121. The van der Waals surface area contributed by atoms with E-state index >= 15 is 0 Å². The van der Waals surface area contributed by atoms with Crippen LogP contribution in [0.15, 0.2) is 36.4 Å². The Morgan fingerprint density at radius 1 is 1.04 bits per heavy atom. The molecule has 132 valence electrons. The second-order valence-corrected chi connectivity index (χ2v) is 7.37. The summed E-state index contributed by atoms with van der Waals surface area (Å²) in [6.45, 7) is 6.30. The van der Waals surface area contributed by atoms with Gasteiger partial charge in [-0.3, -0.25) is 4.79 Å². The molecule has 2 nitrogen and oxygen atoms in total. The number of carbonyl (C=O) groups excluding carboxylic acids is 1. The Labute approximate surface area is 151 Å². The molecule has 1 aliphatic carbocycles. The van der Waals surface area contributed by atoms with E-state index < -0.39 is 0 Å². The first-order chi connectivity index (χ1) is 12.1. The van der Waals surface area contributed by atoms with Gasteiger partial charge < -0.3 is 5.32 Å². The van der Waals surface area contributed by atoms with Crippen LogP contribution in [0.3, 0.4) is 0 Å². The minimum Gasteiger partial charge on any atom is -0.349 e. The fraction of sp³-hybridized carbons (Fsp3) is 0.435. The molecule has 1 atom stereocenters. The van der Waals surface area contributed by atoms with Crippen molar-refractivity contribution in [2.24, 2.45) is 0 Å². The van der Waals surface area contributed by atoms with Crippen molar-refractivity contribution in [3.8, 4) is 0 Å². The summed E-state index contributed by atoms with van der Waals surface area (Å²) < 4.78 is 0. The van der Waals surface area contributed by atoms with E-state index in [1.54, 1.807) is 0 Å². The molecule has 0 saturated carbocycles. The second-order valence-electron chi connectivity index (χ2n) is 7.37. The number of benzene rings is 2. The molecule has 1 aliphatic rings. The first kappa shape index (κ1) is 17.7. The van der Waals surface area contributed by atoms with Gasteiger partial charge >= 0.3 is 0 Å². The predicted molar refractivity (Wildman–Crippen MR) is 104 cm³/mol. The maximum Gasteiger partial charge on any atom is 0.224 e. The summed E-state index contributed by atoms with van der Waals surface area (Å²) in [5.41, 5.74) is 7.76. The number of amides is 1. The topological polar surface area (TPSA) is 29.1 Å². The molecule has 2 aromatic carbocycles. The van der Waals surface area contributed by atoms with E-state index in [-0.39, 0.29) is 11.9 Å².